The number of anilines is 1. The van der Waals surface area contributed by atoms with Gasteiger partial charge in [-0.15, -0.1) is 0 Å². The first-order valence-electron chi connectivity index (χ1n) is 21.7. The van der Waals surface area contributed by atoms with Crippen LogP contribution >= 0.6 is 11.6 Å². The number of nitrogens with one attached hydrogen (secondary N) is 1. The van der Waals surface area contributed by atoms with Gasteiger partial charge in [-0.2, -0.15) is 49.6 Å². The number of ether oxygens (including phenoxy) is 1. The highest BCUT2D eigenvalue weighted by Gasteiger charge is 2.68. The van der Waals surface area contributed by atoms with Gasteiger partial charge < -0.3 is 15.0 Å². The molecule has 392 valence electrons. The molecular formula is C44H45ClF10N8O7S2. The van der Waals surface area contributed by atoms with Crippen LogP contribution in [0, 0.1) is 17.6 Å². The highest BCUT2D eigenvalue weighted by Crippen LogP contribution is 2.68. The van der Waals surface area contributed by atoms with Crippen molar-refractivity contribution in [3.8, 4) is 11.1 Å². The van der Waals surface area contributed by atoms with Gasteiger partial charge in [-0.1, -0.05) is 23.7 Å². The number of benzene rings is 2. The van der Waals surface area contributed by atoms with E-state index in [0.717, 1.165) is 30.5 Å². The number of fused-ring (bicyclic) bond motifs is 4. The molecule has 0 bridgehead atoms. The number of aryl methyl sites for hydroxylation is 1. The van der Waals surface area contributed by atoms with E-state index in [-0.39, 0.29) is 69.5 Å². The first-order chi connectivity index (χ1) is 33.1. The molecule has 0 radical (unpaired) electrons. The lowest BCUT2D eigenvalue weighted by Gasteiger charge is -2.25. The van der Waals surface area contributed by atoms with E-state index >= 15 is 8.78 Å². The summed E-state index contributed by atoms with van der Waals surface area (Å²) in [5, 5.41) is 8.81. The first kappa shape index (κ1) is 54.2. The molecule has 15 nitrogen and oxygen atoms in total. The summed E-state index contributed by atoms with van der Waals surface area (Å²) in [7, 11) is -5.31. The van der Waals surface area contributed by atoms with Crippen LogP contribution in [0.4, 0.5) is 54.5 Å². The molecule has 5 aromatic rings. The molecule has 0 spiro atoms. The van der Waals surface area contributed by atoms with Gasteiger partial charge >= 0.3 is 18.4 Å². The molecule has 1 N–H and O–H groups in total. The average Bonchev–Trinajstić information content (AvgIpc) is 3.74. The molecule has 28 heteroatoms. The lowest BCUT2D eigenvalue weighted by molar-refractivity contribution is -0.143. The van der Waals surface area contributed by atoms with Crippen molar-refractivity contribution in [2.75, 3.05) is 44.1 Å². The third kappa shape index (κ3) is 11.2. The lowest BCUT2D eigenvalue weighted by Crippen LogP contribution is -2.38. The normalized spacial score (nSPS) is 17.2. The van der Waals surface area contributed by atoms with E-state index in [2.05, 4.69) is 15.5 Å². The summed E-state index contributed by atoms with van der Waals surface area (Å²) in [6.07, 6.45) is -11.5. The smallest absolute Gasteiger partial charge is 0.435 e. The van der Waals surface area contributed by atoms with E-state index < -0.39 is 143 Å². The fourth-order valence-corrected chi connectivity index (χ4v) is 10.0. The Hall–Kier alpha value is -5.54. The van der Waals surface area contributed by atoms with Crippen molar-refractivity contribution < 1.29 is 75.1 Å². The van der Waals surface area contributed by atoms with Gasteiger partial charge in [0.1, 0.15) is 37.0 Å². The summed E-state index contributed by atoms with van der Waals surface area (Å²) >= 11 is 6.64. The second-order valence-corrected chi connectivity index (χ2v) is 23.5. The van der Waals surface area contributed by atoms with E-state index in [0.29, 0.717) is 17.0 Å². The summed E-state index contributed by atoms with van der Waals surface area (Å²) < 4.78 is 203. The number of alkyl halides is 8. The van der Waals surface area contributed by atoms with Crippen molar-refractivity contribution >= 4 is 60.2 Å². The van der Waals surface area contributed by atoms with Crippen molar-refractivity contribution in [2.24, 2.45) is 5.92 Å². The van der Waals surface area contributed by atoms with Crippen LogP contribution in [0.5, 0.6) is 0 Å². The Morgan fingerprint density at radius 3 is 2.17 bits per heavy atom. The number of hydrogen-bond donors (Lipinski definition) is 1. The minimum Gasteiger partial charge on any atom is -0.447 e. The zero-order valence-corrected chi connectivity index (χ0v) is 41.3. The number of halogens is 11. The minimum atomic E-state index is -5.21. The number of likely N-dealkylation sites (N-methyl/N-ethyl adjacent to an activating group) is 1. The van der Waals surface area contributed by atoms with E-state index in [4.69, 9.17) is 21.3 Å². The fraction of sp³-hybridized carbons (Fsp3) is 0.477. The third-order valence-electron chi connectivity index (χ3n) is 12.4. The van der Waals surface area contributed by atoms with Gasteiger partial charge in [-0.3, -0.25) is 19.1 Å². The SMILES string of the molecule is CN(C)CCOC(=O)N(c1nn(CC(F)(F)F)c2c(-c3ccc(CCC(C)(C)S(C)(=O)=O)nc3[C@H](Cc3cc(F)cc(F)c3)NC(=O)Cn3nc(C(F)(F)F)c4c3C(F)(F)C3C[C@H]43)ccc(Cl)c12)S(C)(=O)=O. The van der Waals surface area contributed by atoms with Crippen molar-refractivity contribution in [1.82, 2.24) is 34.8 Å². The molecule has 3 atom stereocenters. The number of nitrogens with zero attached hydrogens (tertiary/aromatic N) is 7. The van der Waals surface area contributed by atoms with Crippen molar-refractivity contribution in [3.63, 3.8) is 0 Å². The minimum absolute atomic E-state index is 0.00403. The van der Waals surface area contributed by atoms with Crippen LogP contribution in [0.2, 0.25) is 5.02 Å². The number of sulfone groups is 1. The zero-order chi connectivity index (χ0) is 53.4. The Balaban J connectivity index is 1.45. The first-order valence-corrected chi connectivity index (χ1v) is 25.8. The number of sulfonamides is 1. The third-order valence-corrected chi connectivity index (χ3v) is 15.9. The van der Waals surface area contributed by atoms with Gasteiger partial charge in [0, 0.05) is 47.2 Å². The van der Waals surface area contributed by atoms with Crippen molar-refractivity contribution in [3.05, 3.63) is 93.0 Å². The average molecular weight is 1090 g/mol. The molecule has 0 saturated heterocycles. The maximum Gasteiger partial charge on any atom is 0.435 e. The molecule has 3 aromatic heterocycles. The van der Waals surface area contributed by atoms with Crippen LogP contribution in [0.15, 0.2) is 42.5 Å². The fourth-order valence-electron chi connectivity index (χ4n) is 8.57. The molecular weight excluding hydrogens is 1040 g/mol. The summed E-state index contributed by atoms with van der Waals surface area (Å²) in [5.41, 5.74) is -5.14. The van der Waals surface area contributed by atoms with E-state index in [1.807, 2.05) is 0 Å². The van der Waals surface area contributed by atoms with Crippen LogP contribution in [0.3, 0.4) is 0 Å². The van der Waals surface area contributed by atoms with Gasteiger partial charge in [0.15, 0.2) is 21.3 Å². The summed E-state index contributed by atoms with van der Waals surface area (Å²) in [5.74, 6) is -11.0. The zero-order valence-electron chi connectivity index (χ0n) is 38.9. The Kier molecular flexibility index (Phi) is 14.4. The number of carbonyl (C=O) groups excluding carboxylic acids is 2. The number of amides is 2. The molecule has 1 saturated carbocycles. The number of rotatable bonds is 17. The second-order valence-electron chi connectivity index (χ2n) is 18.6. The molecule has 2 amide bonds. The molecule has 2 aliphatic carbocycles. The molecule has 72 heavy (non-hydrogen) atoms. The maximum atomic E-state index is 15.6. The van der Waals surface area contributed by atoms with Gasteiger partial charge in [0.2, 0.25) is 15.9 Å². The summed E-state index contributed by atoms with van der Waals surface area (Å²) in [4.78, 5) is 34.0. The number of aromatic nitrogens is 5. The Bertz CT molecular complexity index is 3180. The van der Waals surface area contributed by atoms with Gasteiger partial charge in [-0.05, 0) is 89.4 Å². The highest BCUT2D eigenvalue weighted by atomic mass is 35.5. The number of carbonyl (C=O) groups is 2. The lowest BCUT2D eigenvalue weighted by atomic mass is 9.93. The predicted molar refractivity (Wildman–Crippen MR) is 241 cm³/mol. The molecule has 7 rings (SSSR count). The van der Waals surface area contributed by atoms with Crippen LogP contribution in [0.25, 0.3) is 22.0 Å². The second kappa shape index (κ2) is 19.1. The van der Waals surface area contributed by atoms with Crippen molar-refractivity contribution in [1.29, 1.82) is 0 Å². The molecule has 2 aromatic carbocycles. The van der Waals surface area contributed by atoms with Crippen LogP contribution in [-0.4, -0.2) is 109 Å². The summed E-state index contributed by atoms with van der Waals surface area (Å²) in [6.45, 7) is -0.694. The van der Waals surface area contributed by atoms with Gasteiger partial charge in [0.05, 0.1) is 38.7 Å². The molecule has 0 aliphatic heterocycles. The molecule has 2 aliphatic rings. The van der Waals surface area contributed by atoms with E-state index in [1.165, 1.54) is 26.0 Å². The number of hydrogen-bond acceptors (Lipinski definition) is 11. The quantitative estimate of drug-likeness (QED) is 0.0886. The highest BCUT2D eigenvalue weighted by molar-refractivity contribution is 7.92. The molecule has 3 heterocycles. The topological polar surface area (TPSA) is 179 Å². The number of pyridine rings is 1. The van der Waals surface area contributed by atoms with Crippen LogP contribution < -0.4 is 9.62 Å². The maximum absolute atomic E-state index is 15.6. The Labute approximate surface area is 410 Å². The van der Waals surface area contributed by atoms with Crippen LogP contribution in [-0.2, 0) is 67.4 Å². The molecule has 1 fully saturated rings. The van der Waals surface area contributed by atoms with E-state index in [9.17, 15) is 61.5 Å². The van der Waals surface area contributed by atoms with Crippen molar-refractivity contribution in [2.45, 2.75) is 87.6 Å². The van der Waals surface area contributed by atoms with E-state index in [1.54, 1.807) is 19.0 Å². The monoisotopic (exact) mass is 1090 g/mol. The predicted octanol–water partition coefficient (Wildman–Crippen LogP) is 8.34. The van der Waals surface area contributed by atoms with Crippen LogP contribution in [0.1, 0.15) is 72.6 Å². The van der Waals surface area contributed by atoms with Gasteiger partial charge in [-0.25, -0.2) is 30.4 Å². The Morgan fingerprint density at radius 2 is 1.58 bits per heavy atom. The largest absolute Gasteiger partial charge is 0.447 e. The summed E-state index contributed by atoms with van der Waals surface area (Å²) in [6, 6.07) is 5.30. The molecule has 1 unspecified atom stereocenters. The standard InChI is InChI=1S/C44H45ClF10N8O7S2/c1-41(2,71(5,66)67)12-11-25-7-8-26(27-9-10-30(45)34-36(27)62(21-42(48,49)50)59-39(34)63(72(6,68)69)40(65)70-14-13-60(3)4)35(56-25)31(17-22-15-23(46)18-24(47)16-22)57-32(64)20-61-38-33(37(58-61)44(53,54)55)28-19-29(28)43(38,51)52/h7-10,15-16,18,28-29,31H,11-14,17,19-21H2,1-6H3,(H,57,64)/t28-,29?,31-/m0/s1. The van der Waals surface area contributed by atoms with Gasteiger partial charge in [0.25, 0.3) is 5.92 Å². The Morgan fingerprint density at radius 1 is 0.944 bits per heavy atom.